The molecule has 0 aliphatic carbocycles. The van der Waals surface area contributed by atoms with Crippen LogP contribution in [0.1, 0.15) is 18.5 Å². The summed E-state index contributed by atoms with van der Waals surface area (Å²) in [5.41, 5.74) is 1.01. The van der Waals surface area contributed by atoms with Crippen molar-refractivity contribution < 1.29 is 8.42 Å². The second-order valence-electron chi connectivity index (χ2n) is 4.82. The summed E-state index contributed by atoms with van der Waals surface area (Å²) in [5, 5.41) is 6.15. The summed E-state index contributed by atoms with van der Waals surface area (Å²) in [5.74, 6) is 0.348. The van der Waals surface area contributed by atoms with Crippen LogP contribution in [0.4, 0.5) is 5.82 Å². The lowest BCUT2D eigenvalue weighted by atomic mass is 10.1. The van der Waals surface area contributed by atoms with Crippen LogP contribution in [-0.2, 0) is 10.0 Å². The maximum absolute atomic E-state index is 12.2. The van der Waals surface area contributed by atoms with Gasteiger partial charge in [0.05, 0.1) is 11.1 Å². The average Bonchev–Trinajstić information content (AvgIpc) is 2.48. The van der Waals surface area contributed by atoms with Crippen LogP contribution >= 0.6 is 11.6 Å². The number of hydrogen-bond donors (Lipinski definition) is 2. The van der Waals surface area contributed by atoms with E-state index in [9.17, 15) is 8.42 Å². The fraction of sp³-hybridized carbons (Fsp3) is 0.143. The van der Waals surface area contributed by atoms with Crippen molar-refractivity contribution in [2.24, 2.45) is 4.40 Å². The summed E-state index contributed by atoms with van der Waals surface area (Å²) < 4.78 is 28.1. The molecule has 2 aromatic rings. The van der Waals surface area contributed by atoms with Crippen LogP contribution < -0.4 is 10.6 Å². The molecule has 0 amide bonds. The SMILES string of the molecule is C[C@@H](NC1=NS(=O)(=O)c2cc(Cl)cnc2N1)c1ccccc1. The van der Waals surface area contributed by atoms with Crippen LogP contribution in [0.3, 0.4) is 0 Å². The van der Waals surface area contributed by atoms with Gasteiger partial charge in [-0.3, -0.25) is 0 Å². The Balaban J connectivity index is 1.89. The van der Waals surface area contributed by atoms with E-state index >= 15 is 0 Å². The number of halogens is 1. The van der Waals surface area contributed by atoms with E-state index in [-0.39, 0.29) is 27.7 Å². The summed E-state index contributed by atoms with van der Waals surface area (Å²) in [4.78, 5) is 3.97. The van der Waals surface area contributed by atoms with E-state index in [2.05, 4.69) is 20.0 Å². The molecular formula is C14H13ClN4O2S. The predicted molar refractivity (Wildman–Crippen MR) is 85.5 cm³/mol. The van der Waals surface area contributed by atoms with E-state index < -0.39 is 10.0 Å². The van der Waals surface area contributed by atoms with Crippen LogP contribution in [0.2, 0.25) is 5.02 Å². The lowest BCUT2D eigenvalue weighted by Gasteiger charge is -2.21. The number of rotatable bonds is 2. The van der Waals surface area contributed by atoms with Gasteiger partial charge in [0.1, 0.15) is 4.90 Å². The zero-order valence-electron chi connectivity index (χ0n) is 11.6. The molecular weight excluding hydrogens is 324 g/mol. The van der Waals surface area contributed by atoms with E-state index in [0.717, 1.165) is 5.56 Å². The van der Waals surface area contributed by atoms with Crippen molar-refractivity contribution in [3.63, 3.8) is 0 Å². The van der Waals surface area contributed by atoms with Crippen molar-refractivity contribution >= 4 is 33.4 Å². The molecule has 6 nitrogen and oxygen atoms in total. The first kappa shape index (κ1) is 14.8. The Morgan fingerprint density at radius 2 is 2.00 bits per heavy atom. The van der Waals surface area contributed by atoms with Crippen LogP contribution in [0.5, 0.6) is 0 Å². The van der Waals surface area contributed by atoms with Crippen molar-refractivity contribution in [3.05, 3.63) is 53.2 Å². The monoisotopic (exact) mass is 336 g/mol. The number of anilines is 1. The van der Waals surface area contributed by atoms with Gasteiger partial charge >= 0.3 is 0 Å². The number of sulfonamides is 1. The van der Waals surface area contributed by atoms with E-state index in [4.69, 9.17) is 11.6 Å². The molecule has 22 heavy (non-hydrogen) atoms. The van der Waals surface area contributed by atoms with Crippen LogP contribution in [0.25, 0.3) is 0 Å². The summed E-state index contributed by atoms with van der Waals surface area (Å²) >= 11 is 5.79. The predicted octanol–water partition coefficient (Wildman–Crippen LogP) is 2.56. The fourth-order valence-electron chi connectivity index (χ4n) is 2.11. The van der Waals surface area contributed by atoms with Crippen LogP contribution in [0.15, 0.2) is 51.9 Å². The first-order valence-electron chi connectivity index (χ1n) is 6.55. The Labute approximate surface area is 133 Å². The highest BCUT2D eigenvalue weighted by Gasteiger charge is 2.27. The maximum Gasteiger partial charge on any atom is 0.289 e. The third kappa shape index (κ3) is 2.90. The summed E-state index contributed by atoms with van der Waals surface area (Å²) in [6.07, 6.45) is 1.38. The Morgan fingerprint density at radius 3 is 2.73 bits per heavy atom. The minimum absolute atomic E-state index is 0.0297. The van der Waals surface area contributed by atoms with Crippen molar-refractivity contribution in [1.29, 1.82) is 0 Å². The molecule has 0 fully saturated rings. The van der Waals surface area contributed by atoms with Gasteiger partial charge in [-0.1, -0.05) is 41.9 Å². The van der Waals surface area contributed by atoms with E-state index in [1.807, 2.05) is 37.3 Å². The van der Waals surface area contributed by atoms with Crippen LogP contribution in [-0.4, -0.2) is 19.4 Å². The molecule has 1 aliphatic rings. The van der Waals surface area contributed by atoms with Gasteiger partial charge in [0.25, 0.3) is 10.0 Å². The zero-order valence-corrected chi connectivity index (χ0v) is 13.2. The number of hydrogen-bond acceptors (Lipinski definition) is 5. The highest BCUT2D eigenvalue weighted by atomic mass is 35.5. The topological polar surface area (TPSA) is 83.5 Å². The second-order valence-corrected chi connectivity index (χ2v) is 6.83. The maximum atomic E-state index is 12.2. The number of nitrogens with zero attached hydrogens (tertiary/aromatic N) is 2. The van der Waals surface area contributed by atoms with Gasteiger partial charge in [0.15, 0.2) is 5.82 Å². The van der Waals surface area contributed by atoms with Gasteiger partial charge in [-0.15, -0.1) is 4.40 Å². The Bertz CT molecular complexity index is 837. The summed E-state index contributed by atoms with van der Waals surface area (Å²) in [7, 11) is -3.83. The third-order valence-electron chi connectivity index (χ3n) is 3.20. The Morgan fingerprint density at radius 1 is 1.27 bits per heavy atom. The smallest absolute Gasteiger partial charge is 0.289 e. The minimum Gasteiger partial charge on any atom is -0.349 e. The first-order valence-corrected chi connectivity index (χ1v) is 8.36. The standard InChI is InChI=1S/C14H13ClN4O2S/c1-9(10-5-3-2-4-6-10)17-14-18-13-12(22(20,21)19-14)7-11(15)8-16-13/h2-9H,1H3,(H2,16,17,18,19)/t9-/m1/s1. The van der Waals surface area contributed by atoms with Crippen molar-refractivity contribution in [2.45, 2.75) is 17.9 Å². The summed E-state index contributed by atoms with van der Waals surface area (Å²) in [6.45, 7) is 1.91. The Hall–Kier alpha value is -2.12. The van der Waals surface area contributed by atoms with E-state index in [0.29, 0.717) is 0 Å². The number of fused-ring (bicyclic) bond motifs is 1. The quantitative estimate of drug-likeness (QED) is 0.880. The molecule has 1 aromatic heterocycles. The second kappa shape index (κ2) is 5.58. The molecule has 1 aromatic carbocycles. The summed E-state index contributed by atoms with van der Waals surface area (Å²) in [6, 6.07) is 10.9. The molecule has 8 heteroatoms. The van der Waals surface area contributed by atoms with Gasteiger partial charge in [-0.2, -0.15) is 8.42 Å². The number of guanidine groups is 1. The molecule has 0 saturated heterocycles. The average molecular weight is 337 g/mol. The van der Waals surface area contributed by atoms with Gasteiger partial charge in [0, 0.05) is 6.20 Å². The number of nitrogens with one attached hydrogen (secondary N) is 2. The largest absolute Gasteiger partial charge is 0.349 e. The molecule has 2 N–H and O–H groups in total. The highest BCUT2D eigenvalue weighted by molar-refractivity contribution is 7.90. The molecule has 1 aliphatic heterocycles. The molecule has 3 rings (SSSR count). The highest BCUT2D eigenvalue weighted by Crippen LogP contribution is 2.27. The van der Waals surface area contributed by atoms with Crippen LogP contribution in [0, 0.1) is 0 Å². The molecule has 114 valence electrons. The van der Waals surface area contributed by atoms with Gasteiger partial charge in [-0.25, -0.2) is 4.98 Å². The van der Waals surface area contributed by atoms with Crippen molar-refractivity contribution in [3.8, 4) is 0 Å². The van der Waals surface area contributed by atoms with Gasteiger partial charge < -0.3 is 10.6 Å². The molecule has 0 saturated carbocycles. The zero-order chi connectivity index (χ0) is 15.7. The minimum atomic E-state index is -3.83. The molecule has 1 atom stereocenters. The van der Waals surface area contributed by atoms with Gasteiger partial charge in [-0.05, 0) is 18.6 Å². The molecule has 2 heterocycles. The van der Waals surface area contributed by atoms with E-state index in [1.54, 1.807) is 0 Å². The van der Waals surface area contributed by atoms with Gasteiger partial charge in [0.2, 0.25) is 5.96 Å². The number of aromatic nitrogens is 1. The molecule has 0 unspecified atom stereocenters. The lowest BCUT2D eigenvalue weighted by molar-refractivity contribution is 0.596. The lowest BCUT2D eigenvalue weighted by Crippen LogP contribution is -2.36. The van der Waals surface area contributed by atoms with E-state index in [1.165, 1.54) is 12.3 Å². The van der Waals surface area contributed by atoms with Crippen molar-refractivity contribution in [2.75, 3.05) is 5.32 Å². The molecule has 0 spiro atoms. The van der Waals surface area contributed by atoms with Crippen molar-refractivity contribution in [1.82, 2.24) is 10.3 Å². The molecule has 0 radical (unpaired) electrons. The first-order chi connectivity index (χ1) is 10.5. The Kier molecular flexibility index (Phi) is 3.76. The fourth-order valence-corrected chi connectivity index (χ4v) is 3.39. The molecule has 0 bridgehead atoms. The third-order valence-corrected chi connectivity index (χ3v) is 4.69. The number of pyridine rings is 1. The number of benzene rings is 1. The normalized spacial score (nSPS) is 16.9.